The molecule has 1 heterocycles. The molecule has 102 valence electrons. The van der Waals surface area contributed by atoms with Crippen LogP contribution < -0.4 is 5.32 Å². The van der Waals surface area contributed by atoms with Crippen LogP contribution in [0.25, 0.3) is 0 Å². The van der Waals surface area contributed by atoms with Crippen molar-refractivity contribution >= 4 is 11.8 Å². The van der Waals surface area contributed by atoms with Gasteiger partial charge >= 0.3 is 5.91 Å². The SMILES string of the molecule is CCCC[N+]1(Cc2ccccc2)CC(=O)NCC1=O. The van der Waals surface area contributed by atoms with E-state index in [9.17, 15) is 9.59 Å². The third kappa shape index (κ3) is 3.20. The highest BCUT2D eigenvalue weighted by atomic mass is 16.2. The van der Waals surface area contributed by atoms with Gasteiger partial charge in [0.1, 0.15) is 13.1 Å². The molecule has 0 aromatic heterocycles. The molecule has 4 nitrogen and oxygen atoms in total. The Morgan fingerprint density at radius 1 is 1.21 bits per heavy atom. The predicted molar refractivity (Wildman–Crippen MR) is 73.1 cm³/mol. The van der Waals surface area contributed by atoms with Gasteiger partial charge in [0.05, 0.1) is 6.54 Å². The zero-order valence-corrected chi connectivity index (χ0v) is 11.4. The first kappa shape index (κ1) is 13.7. The van der Waals surface area contributed by atoms with Crippen LogP contribution in [0.1, 0.15) is 25.3 Å². The topological polar surface area (TPSA) is 46.2 Å². The van der Waals surface area contributed by atoms with Gasteiger partial charge in [0.15, 0.2) is 6.54 Å². The fourth-order valence-corrected chi connectivity index (χ4v) is 2.58. The highest BCUT2D eigenvalue weighted by Gasteiger charge is 2.41. The van der Waals surface area contributed by atoms with Crippen molar-refractivity contribution in [2.75, 3.05) is 19.6 Å². The summed E-state index contributed by atoms with van der Waals surface area (Å²) in [6.07, 6.45) is 2.00. The lowest BCUT2D eigenvalue weighted by Gasteiger charge is -2.38. The smallest absolute Gasteiger partial charge is 0.333 e. The molecule has 2 rings (SSSR count). The molecule has 1 N–H and O–H groups in total. The second-order valence-electron chi connectivity index (χ2n) is 5.19. The number of unbranched alkanes of at least 4 members (excludes halogenated alkanes) is 1. The van der Waals surface area contributed by atoms with E-state index in [2.05, 4.69) is 12.2 Å². The van der Waals surface area contributed by atoms with Gasteiger partial charge in [-0.05, 0) is 6.42 Å². The van der Waals surface area contributed by atoms with Crippen LogP contribution in [-0.2, 0) is 16.1 Å². The summed E-state index contributed by atoms with van der Waals surface area (Å²) in [6.45, 7) is 3.90. The average Bonchev–Trinajstić information content (AvgIpc) is 2.42. The Morgan fingerprint density at radius 2 is 1.95 bits per heavy atom. The summed E-state index contributed by atoms with van der Waals surface area (Å²) in [6, 6.07) is 9.95. The molecule has 1 unspecified atom stereocenters. The molecular weight excluding hydrogens is 240 g/mol. The molecule has 0 radical (unpaired) electrons. The fraction of sp³-hybridized carbons (Fsp3) is 0.467. The number of piperazine rings is 1. The average molecular weight is 261 g/mol. The molecular formula is C15H21N2O2+. The molecule has 1 aliphatic rings. The van der Waals surface area contributed by atoms with Crippen molar-refractivity contribution in [1.29, 1.82) is 0 Å². The van der Waals surface area contributed by atoms with E-state index in [1.807, 2.05) is 30.3 Å². The molecule has 2 amide bonds. The molecule has 1 saturated heterocycles. The lowest BCUT2D eigenvalue weighted by atomic mass is 10.1. The zero-order valence-electron chi connectivity index (χ0n) is 11.4. The lowest BCUT2D eigenvalue weighted by Crippen LogP contribution is -2.64. The first-order valence-corrected chi connectivity index (χ1v) is 6.86. The van der Waals surface area contributed by atoms with Crippen LogP contribution in [0.2, 0.25) is 0 Å². The van der Waals surface area contributed by atoms with Crippen LogP contribution in [-0.4, -0.2) is 35.9 Å². The number of amides is 2. The van der Waals surface area contributed by atoms with Crippen LogP contribution in [0.4, 0.5) is 0 Å². The highest BCUT2D eigenvalue weighted by molar-refractivity contribution is 5.87. The van der Waals surface area contributed by atoms with E-state index in [4.69, 9.17) is 0 Å². The Hall–Kier alpha value is -1.68. The molecule has 19 heavy (non-hydrogen) atoms. The van der Waals surface area contributed by atoms with Gasteiger partial charge in [0, 0.05) is 5.56 Å². The molecule has 1 atom stereocenters. The maximum Gasteiger partial charge on any atom is 0.333 e. The number of benzene rings is 1. The molecule has 1 aromatic rings. The monoisotopic (exact) mass is 261 g/mol. The van der Waals surface area contributed by atoms with Crippen LogP contribution in [0.15, 0.2) is 30.3 Å². The molecule has 1 aliphatic heterocycles. The Morgan fingerprint density at radius 3 is 2.63 bits per heavy atom. The van der Waals surface area contributed by atoms with E-state index in [1.165, 1.54) is 0 Å². The van der Waals surface area contributed by atoms with Gasteiger partial charge in [-0.15, -0.1) is 0 Å². The van der Waals surface area contributed by atoms with Crippen LogP contribution in [0, 0.1) is 0 Å². The molecule has 0 saturated carbocycles. The Labute approximate surface area is 114 Å². The van der Waals surface area contributed by atoms with Gasteiger partial charge in [-0.1, -0.05) is 43.7 Å². The van der Waals surface area contributed by atoms with Gasteiger partial charge in [-0.2, -0.15) is 0 Å². The number of nitrogens with zero attached hydrogens (tertiary/aromatic N) is 1. The third-order valence-corrected chi connectivity index (χ3v) is 3.68. The van der Waals surface area contributed by atoms with Crippen molar-refractivity contribution in [2.24, 2.45) is 0 Å². The molecule has 1 aromatic carbocycles. The molecule has 4 heteroatoms. The van der Waals surface area contributed by atoms with Crippen molar-refractivity contribution in [2.45, 2.75) is 26.3 Å². The van der Waals surface area contributed by atoms with Gasteiger partial charge in [0.2, 0.25) is 0 Å². The van der Waals surface area contributed by atoms with Gasteiger partial charge < -0.3 is 5.32 Å². The molecule has 0 aliphatic carbocycles. The number of carbonyl (C=O) groups excluding carboxylic acids is 2. The maximum atomic E-state index is 12.3. The van der Waals surface area contributed by atoms with Crippen molar-refractivity contribution < 1.29 is 14.1 Å². The van der Waals surface area contributed by atoms with Gasteiger partial charge in [-0.3, -0.25) is 4.79 Å². The van der Waals surface area contributed by atoms with Crippen molar-refractivity contribution in [3.05, 3.63) is 35.9 Å². The second-order valence-corrected chi connectivity index (χ2v) is 5.19. The van der Waals surface area contributed by atoms with Gasteiger partial charge in [0.25, 0.3) is 5.91 Å². The van der Waals surface area contributed by atoms with E-state index in [-0.39, 0.29) is 29.4 Å². The van der Waals surface area contributed by atoms with Crippen LogP contribution >= 0.6 is 0 Å². The fourth-order valence-electron chi connectivity index (χ4n) is 2.58. The molecule has 1 fully saturated rings. The van der Waals surface area contributed by atoms with Gasteiger partial charge in [-0.25, -0.2) is 9.28 Å². The van der Waals surface area contributed by atoms with E-state index >= 15 is 0 Å². The van der Waals surface area contributed by atoms with E-state index in [0.717, 1.165) is 24.9 Å². The number of rotatable bonds is 5. The van der Waals surface area contributed by atoms with Crippen molar-refractivity contribution in [3.8, 4) is 0 Å². The highest BCUT2D eigenvalue weighted by Crippen LogP contribution is 2.19. The number of hydrogen-bond acceptors (Lipinski definition) is 2. The van der Waals surface area contributed by atoms with E-state index in [1.54, 1.807) is 0 Å². The van der Waals surface area contributed by atoms with Crippen molar-refractivity contribution in [3.63, 3.8) is 0 Å². The summed E-state index contributed by atoms with van der Waals surface area (Å²) in [5.74, 6) is 0.100. The van der Waals surface area contributed by atoms with Crippen LogP contribution in [0.3, 0.4) is 0 Å². The lowest BCUT2D eigenvalue weighted by molar-refractivity contribution is -0.861. The Bertz CT molecular complexity index is 458. The summed E-state index contributed by atoms with van der Waals surface area (Å²) < 4.78 is 0.268. The number of quaternary nitrogens is 1. The quantitative estimate of drug-likeness (QED) is 0.816. The number of hydrogen-bond donors (Lipinski definition) is 1. The third-order valence-electron chi connectivity index (χ3n) is 3.68. The zero-order chi connectivity index (χ0) is 13.7. The molecule has 0 bridgehead atoms. The second kappa shape index (κ2) is 5.97. The summed E-state index contributed by atoms with van der Waals surface area (Å²) in [5.41, 5.74) is 1.11. The first-order chi connectivity index (χ1) is 9.16. The van der Waals surface area contributed by atoms with Crippen molar-refractivity contribution in [1.82, 2.24) is 5.32 Å². The molecule has 0 spiro atoms. The Balaban J connectivity index is 2.23. The summed E-state index contributed by atoms with van der Waals surface area (Å²) >= 11 is 0. The minimum absolute atomic E-state index is 0.0216. The van der Waals surface area contributed by atoms with E-state index < -0.39 is 0 Å². The number of nitrogens with one attached hydrogen (secondary N) is 1. The minimum atomic E-state index is -0.0216. The Kier molecular flexibility index (Phi) is 4.32. The van der Waals surface area contributed by atoms with E-state index in [0.29, 0.717) is 6.54 Å². The maximum absolute atomic E-state index is 12.3. The number of carbonyl (C=O) groups is 2. The normalized spacial score (nSPS) is 23.2. The largest absolute Gasteiger partial charge is 0.338 e. The van der Waals surface area contributed by atoms with Crippen LogP contribution in [0.5, 0.6) is 0 Å². The first-order valence-electron chi connectivity index (χ1n) is 6.86. The summed E-state index contributed by atoms with van der Waals surface area (Å²) in [7, 11) is 0. The standard InChI is InChI=1S/C15H20N2O2/c1-2-3-9-17(11-13-7-5-4-6-8-13)12-14(18)16-10-15(17)19/h4-8H,2-3,9-12H2,1H3/p+1. The summed E-state index contributed by atoms with van der Waals surface area (Å²) in [5, 5.41) is 2.64. The summed E-state index contributed by atoms with van der Waals surface area (Å²) in [4.78, 5) is 24.0. The minimum Gasteiger partial charge on any atom is -0.338 e. The predicted octanol–water partition coefficient (Wildman–Crippen LogP) is 1.46.